The number of hydrogen-bond acceptors (Lipinski definition) is 4. The number of anilines is 1. The molecule has 4 rings (SSSR count). The van der Waals surface area contributed by atoms with Crippen LogP contribution in [0.1, 0.15) is 21.5 Å². The second-order valence-corrected chi connectivity index (χ2v) is 8.63. The summed E-state index contributed by atoms with van der Waals surface area (Å²) in [6, 6.07) is 18.1. The molecule has 2 aromatic carbocycles. The first-order valence-corrected chi connectivity index (χ1v) is 10.8. The molecule has 148 valence electrons. The number of rotatable bonds is 3. The van der Waals surface area contributed by atoms with Crippen molar-refractivity contribution in [2.24, 2.45) is 0 Å². The molecule has 0 spiro atoms. The van der Waals surface area contributed by atoms with Crippen LogP contribution in [-0.4, -0.2) is 47.2 Å². The van der Waals surface area contributed by atoms with Crippen LogP contribution in [0.3, 0.4) is 0 Å². The molecular formula is C23H23IN4O. The third kappa shape index (κ3) is 4.42. The van der Waals surface area contributed by atoms with Crippen molar-refractivity contribution in [1.29, 1.82) is 0 Å². The molecule has 3 aromatic rings. The van der Waals surface area contributed by atoms with Gasteiger partial charge in [0.1, 0.15) is 0 Å². The van der Waals surface area contributed by atoms with Crippen molar-refractivity contribution >= 4 is 34.3 Å². The van der Waals surface area contributed by atoms with Crippen molar-refractivity contribution in [3.05, 3.63) is 74.9 Å². The average molecular weight is 498 g/mol. The minimum Gasteiger partial charge on any atom is -0.352 e. The molecule has 0 aliphatic carbocycles. The van der Waals surface area contributed by atoms with Crippen molar-refractivity contribution in [2.75, 3.05) is 31.1 Å². The van der Waals surface area contributed by atoms with Gasteiger partial charge >= 0.3 is 0 Å². The van der Waals surface area contributed by atoms with Gasteiger partial charge in [-0.05, 0) is 78.4 Å². The molecule has 0 N–H and O–H groups in total. The molecule has 1 saturated heterocycles. The van der Waals surface area contributed by atoms with Gasteiger partial charge in [0.15, 0.2) is 5.82 Å². The predicted octanol–water partition coefficient (Wildman–Crippen LogP) is 4.33. The van der Waals surface area contributed by atoms with Crippen LogP contribution < -0.4 is 4.90 Å². The predicted molar refractivity (Wildman–Crippen MR) is 124 cm³/mol. The lowest BCUT2D eigenvalue weighted by Gasteiger charge is -2.35. The summed E-state index contributed by atoms with van der Waals surface area (Å²) in [6.45, 7) is 7.08. The lowest BCUT2D eigenvalue weighted by atomic mass is 10.0. The molecule has 0 saturated carbocycles. The summed E-state index contributed by atoms with van der Waals surface area (Å²) in [5.74, 6) is 0.956. The maximum absolute atomic E-state index is 12.7. The molecule has 0 bridgehead atoms. The van der Waals surface area contributed by atoms with E-state index in [4.69, 9.17) is 0 Å². The number of carbonyl (C=O) groups excluding carboxylic acids is 1. The second kappa shape index (κ2) is 8.49. The van der Waals surface area contributed by atoms with Gasteiger partial charge in [-0.25, -0.2) is 0 Å². The maximum atomic E-state index is 12.7. The molecule has 29 heavy (non-hydrogen) atoms. The summed E-state index contributed by atoms with van der Waals surface area (Å²) in [4.78, 5) is 16.8. The van der Waals surface area contributed by atoms with Gasteiger partial charge in [-0.3, -0.25) is 4.79 Å². The Hall–Kier alpha value is -2.48. The summed E-state index contributed by atoms with van der Waals surface area (Å²) >= 11 is 2.25. The monoisotopic (exact) mass is 498 g/mol. The van der Waals surface area contributed by atoms with Crippen LogP contribution in [0.2, 0.25) is 0 Å². The van der Waals surface area contributed by atoms with Gasteiger partial charge in [-0.15, -0.1) is 10.2 Å². The zero-order valence-electron chi connectivity index (χ0n) is 16.6. The van der Waals surface area contributed by atoms with Crippen LogP contribution in [-0.2, 0) is 0 Å². The highest BCUT2D eigenvalue weighted by Gasteiger charge is 2.23. The van der Waals surface area contributed by atoms with Gasteiger partial charge in [-0.2, -0.15) is 0 Å². The maximum Gasteiger partial charge on any atom is 0.253 e. The largest absolute Gasteiger partial charge is 0.352 e. The van der Waals surface area contributed by atoms with Gasteiger partial charge in [0.25, 0.3) is 5.91 Å². The van der Waals surface area contributed by atoms with Crippen LogP contribution >= 0.6 is 22.6 Å². The third-order valence-electron chi connectivity index (χ3n) is 5.29. The summed E-state index contributed by atoms with van der Waals surface area (Å²) in [7, 11) is 0. The highest BCUT2D eigenvalue weighted by Crippen LogP contribution is 2.23. The Labute approximate surface area is 184 Å². The number of aryl methyl sites for hydroxylation is 2. The number of nitrogens with zero attached hydrogens (tertiary/aromatic N) is 4. The first kappa shape index (κ1) is 19.8. The summed E-state index contributed by atoms with van der Waals surface area (Å²) < 4.78 is 1.13. The third-order valence-corrected chi connectivity index (χ3v) is 6.01. The lowest BCUT2D eigenvalue weighted by molar-refractivity contribution is 0.0746. The number of piperazine rings is 1. The molecule has 0 atom stereocenters. The Morgan fingerprint density at radius 3 is 2.24 bits per heavy atom. The SMILES string of the molecule is Cc1ccc(-c2ccc(N3CCN(C(=O)c4ccc(I)cc4)CC3)nn2)c(C)c1. The molecule has 6 heteroatoms. The Kier molecular flexibility index (Phi) is 5.80. The molecule has 1 aromatic heterocycles. The fourth-order valence-corrected chi connectivity index (χ4v) is 4.01. The number of amides is 1. The zero-order valence-corrected chi connectivity index (χ0v) is 18.8. The zero-order chi connectivity index (χ0) is 20.4. The summed E-state index contributed by atoms with van der Waals surface area (Å²) in [5.41, 5.74) is 5.20. The molecule has 1 aliphatic heterocycles. The van der Waals surface area contributed by atoms with E-state index in [1.165, 1.54) is 11.1 Å². The highest BCUT2D eigenvalue weighted by atomic mass is 127. The van der Waals surface area contributed by atoms with Crippen molar-refractivity contribution in [2.45, 2.75) is 13.8 Å². The van der Waals surface area contributed by atoms with E-state index in [1.807, 2.05) is 41.3 Å². The van der Waals surface area contributed by atoms with Gasteiger partial charge in [0.2, 0.25) is 0 Å². The highest BCUT2D eigenvalue weighted by molar-refractivity contribution is 14.1. The van der Waals surface area contributed by atoms with Crippen molar-refractivity contribution in [3.63, 3.8) is 0 Å². The van der Waals surface area contributed by atoms with Crippen LogP contribution in [0.25, 0.3) is 11.3 Å². The van der Waals surface area contributed by atoms with E-state index in [9.17, 15) is 4.79 Å². The lowest BCUT2D eigenvalue weighted by Crippen LogP contribution is -2.49. The van der Waals surface area contributed by atoms with E-state index in [1.54, 1.807) is 0 Å². The molecule has 1 aliphatic rings. The summed E-state index contributed by atoms with van der Waals surface area (Å²) in [6.07, 6.45) is 0. The molecule has 2 heterocycles. The number of hydrogen-bond donors (Lipinski definition) is 0. The van der Waals surface area contributed by atoms with E-state index in [0.717, 1.165) is 39.3 Å². The van der Waals surface area contributed by atoms with Crippen LogP contribution in [0.5, 0.6) is 0 Å². The number of carbonyl (C=O) groups is 1. The Bertz CT molecular complexity index is 1010. The van der Waals surface area contributed by atoms with Crippen LogP contribution in [0, 0.1) is 17.4 Å². The normalized spacial score (nSPS) is 14.2. The van der Waals surface area contributed by atoms with Gasteiger partial charge in [-0.1, -0.05) is 23.8 Å². The Morgan fingerprint density at radius 1 is 0.897 bits per heavy atom. The number of aromatic nitrogens is 2. The van der Waals surface area contributed by atoms with Crippen molar-refractivity contribution in [3.8, 4) is 11.3 Å². The Balaban J connectivity index is 1.41. The standard InChI is InChI=1S/C23H23IN4O/c1-16-3-8-20(17(2)15-16)21-9-10-22(26-25-21)27-11-13-28(14-12-27)23(29)18-4-6-19(24)7-5-18/h3-10,15H,11-14H2,1-2H3. The first-order chi connectivity index (χ1) is 14.0. The minimum absolute atomic E-state index is 0.0947. The molecule has 0 radical (unpaired) electrons. The Morgan fingerprint density at radius 2 is 1.62 bits per heavy atom. The van der Waals surface area contributed by atoms with E-state index in [0.29, 0.717) is 13.1 Å². The fourth-order valence-electron chi connectivity index (χ4n) is 3.65. The van der Waals surface area contributed by atoms with E-state index < -0.39 is 0 Å². The minimum atomic E-state index is 0.0947. The molecule has 0 unspecified atom stereocenters. The molecular weight excluding hydrogens is 475 g/mol. The average Bonchev–Trinajstić information content (AvgIpc) is 2.74. The quantitative estimate of drug-likeness (QED) is 0.505. The first-order valence-electron chi connectivity index (χ1n) is 9.72. The van der Waals surface area contributed by atoms with E-state index in [2.05, 4.69) is 69.7 Å². The number of halogens is 1. The fraction of sp³-hybridized carbons (Fsp3) is 0.261. The van der Waals surface area contributed by atoms with Gasteiger partial charge < -0.3 is 9.80 Å². The van der Waals surface area contributed by atoms with E-state index in [-0.39, 0.29) is 5.91 Å². The number of benzene rings is 2. The molecule has 1 fully saturated rings. The van der Waals surface area contributed by atoms with Crippen molar-refractivity contribution in [1.82, 2.24) is 15.1 Å². The summed E-state index contributed by atoms with van der Waals surface area (Å²) in [5, 5.41) is 8.90. The van der Waals surface area contributed by atoms with Crippen LogP contribution in [0.4, 0.5) is 5.82 Å². The molecule has 5 nitrogen and oxygen atoms in total. The second-order valence-electron chi connectivity index (χ2n) is 7.38. The van der Waals surface area contributed by atoms with Gasteiger partial charge in [0.05, 0.1) is 5.69 Å². The van der Waals surface area contributed by atoms with Crippen molar-refractivity contribution < 1.29 is 4.79 Å². The van der Waals surface area contributed by atoms with Crippen LogP contribution in [0.15, 0.2) is 54.6 Å². The smallest absolute Gasteiger partial charge is 0.253 e. The molecule has 1 amide bonds. The van der Waals surface area contributed by atoms with E-state index >= 15 is 0 Å². The topological polar surface area (TPSA) is 49.3 Å². The van der Waals surface area contributed by atoms with Gasteiger partial charge in [0, 0.05) is 40.9 Å².